The lowest BCUT2D eigenvalue weighted by Gasteiger charge is -2.42. The van der Waals surface area contributed by atoms with Gasteiger partial charge in [0.2, 0.25) is 0 Å². The maximum Gasteiger partial charge on any atom is 0.0517 e. The molecule has 0 bridgehead atoms. The molecule has 2 aromatic heterocycles. The topological polar surface area (TPSA) is 6.48 Å². The molecule has 0 atom stereocenters. The fraction of sp³-hybridized carbons (Fsp3) is 0.115. The van der Waals surface area contributed by atoms with Crippen molar-refractivity contribution in [2.75, 3.05) is 9.80 Å². The van der Waals surface area contributed by atoms with Crippen LogP contribution in [-0.2, 0) is 10.8 Å². The number of hydrogen-bond acceptors (Lipinski definition) is 4. The highest BCUT2D eigenvalue weighted by molar-refractivity contribution is 7.28. The molecular weight excluding hydrogens is 717 g/mol. The largest absolute Gasteiger partial charge is 0.310 e. The molecule has 8 aromatic carbocycles. The molecule has 0 aliphatic carbocycles. The van der Waals surface area contributed by atoms with Crippen LogP contribution in [0.2, 0.25) is 0 Å². The third-order valence-electron chi connectivity index (χ3n) is 12.8. The summed E-state index contributed by atoms with van der Waals surface area (Å²) in [5.74, 6) is 0. The lowest BCUT2D eigenvalue weighted by atomic mass is 9.73. The van der Waals surface area contributed by atoms with Crippen molar-refractivity contribution in [1.29, 1.82) is 0 Å². The van der Waals surface area contributed by atoms with Crippen LogP contribution in [0, 0.1) is 0 Å². The molecule has 0 amide bonds. The molecule has 4 heterocycles. The highest BCUT2D eigenvalue weighted by Crippen LogP contribution is 2.58. The van der Waals surface area contributed by atoms with Gasteiger partial charge in [0.25, 0.3) is 0 Å². The Morgan fingerprint density at radius 3 is 1.04 bits per heavy atom. The summed E-state index contributed by atoms with van der Waals surface area (Å²) in [5.41, 5.74) is 12.6. The van der Waals surface area contributed by atoms with E-state index in [-0.39, 0.29) is 10.8 Å². The van der Waals surface area contributed by atoms with E-state index in [1.165, 1.54) is 107 Å². The monoisotopic (exact) mass is 754 g/mol. The number of anilines is 6. The van der Waals surface area contributed by atoms with Gasteiger partial charge in [-0.05, 0) is 59.7 Å². The van der Waals surface area contributed by atoms with Gasteiger partial charge in [-0.15, -0.1) is 22.7 Å². The summed E-state index contributed by atoms with van der Waals surface area (Å²) in [5, 5.41) is 8.06. The van der Waals surface area contributed by atoms with E-state index in [9.17, 15) is 0 Å². The van der Waals surface area contributed by atoms with Crippen LogP contribution in [0.25, 0.3) is 51.1 Å². The molecule has 2 nitrogen and oxygen atoms in total. The minimum absolute atomic E-state index is 0.176. The van der Waals surface area contributed by atoms with Crippen molar-refractivity contribution in [1.82, 2.24) is 0 Å². The summed E-state index contributed by atoms with van der Waals surface area (Å²) >= 11 is 3.96. The molecular formula is C52H38N2S2. The third kappa shape index (κ3) is 4.15. The van der Waals surface area contributed by atoms with Gasteiger partial charge in [0.15, 0.2) is 0 Å². The average Bonchev–Trinajstić information content (AvgIpc) is 3.80. The van der Waals surface area contributed by atoms with Gasteiger partial charge in [0.05, 0.1) is 22.7 Å². The number of rotatable bonds is 2. The highest BCUT2D eigenvalue weighted by atomic mass is 32.1. The lowest BCUT2D eigenvalue weighted by Crippen LogP contribution is -2.30. The van der Waals surface area contributed by atoms with E-state index in [2.05, 4.69) is 195 Å². The molecule has 0 spiro atoms. The van der Waals surface area contributed by atoms with Gasteiger partial charge in [-0.25, -0.2) is 0 Å². The summed E-state index contributed by atoms with van der Waals surface area (Å²) in [7, 11) is 0. The van der Waals surface area contributed by atoms with Crippen molar-refractivity contribution in [3.8, 4) is 0 Å². The molecule has 2 aliphatic rings. The number of nitrogens with zero attached hydrogens (tertiary/aromatic N) is 2. The van der Waals surface area contributed by atoms with Crippen molar-refractivity contribution in [3.05, 3.63) is 180 Å². The summed E-state index contributed by atoms with van der Waals surface area (Å²) in [4.78, 5) is 4.94. The molecule has 268 valence electrons. The second-order valence-corrected chi connectivity index (χ2v) is 18.5. The van der Waals surface area contributed by atoms with Gasteiger partial charge in [0.1, 0.15) is 0 Å². The zero-order valence-electron chi connectivity index (χ0n) is 31.7. The fourth-order valence-corrected chi connectivity index (χ4v) is 13.3. The first-order valence-corrected chi connectivity index (χ1v) is 21.2. The van der Waals surface area contributed by atoms with Crippen molar-refractivity contribution in [2.24, 2.45) is 0 Å². The Morgan fingerprint density at radius 1 is 0.321 bits per heavy atom. The molecule has 0 N–H and O–H groups in total. The Balaban J connectivity index is 1.11. The zero-order chi connectivity index (χ0) is 37.5. The minimum Gasteiger partial charge on any atom is -0.310 e. The van der Waals surface area contributed by atoms with Crippen LogP contribution < -0.4 is 9.80 Å². The maximum absolute atomic E-state index is 2.47. The van der Waals surface area contributed by atoms with Gasteiger partial charge in [-0.3, -0.25) is 0 Å². The van der Waals surface area contributed by atoms with E-state index < -0.39 is 0 Å². The molecule has 0 saturated heterocycles. The number of hydrogen-bond donors (Lipinski definition) is 0. The molecule has 4 heteroatoms. The minimum atomic E-state index is -0.176. The van der Waals surface area contributed by atoms with Gasteiger partial charge in [-0.1, -0.05) is 137 Å². The molecule has 56 heavy (non-hydrogen) atoms. The first kappa shape index (κ1) is 32.3. The maximum atomic E-state index is 2.47. The van der Waals surface area contributed by atoms with Crippen LogP contribution >= 0.6 is 22.7 Å². The molecule has 10 aromatic rings. The Kier molecular flexibility index (Phi) is 6.53. The van der Waals surface area contributed by atoms with E-state index in [4.69, 9.17) is 0 Å². The smallest absolute Gasteiger partial charge is 0.0517 e. The summed E-state index contributed by atoms with van der Waals surface area (Å²) in [6, 6.07) is 58.7. The SMILES string of the molecule is CC1(C)c2ccccc2N(c2ccccc2)c2ccc3c(sc4c3ccc3c4ccc4c5ccc6c(c5sc43)C(C)(C)c3ccccc3N6c3ccccc3)c21. The van der Waals surface area contributed by atoms with Gasteiger partial charge < -0.3 is 9.80 Å². The summed E-state index contributed by atoms with van der Waals surface area (Å²) in [6.45, 7) is 9.65. The summed E-state index contributed by atoms with van der Waals surface area (Å²) in [6.07, 6.45) is 0. The average molecular weight is 755 g/mol. The van der Waals surface area contributed by atoms with Crippen molar-refractivity contribution in [3.63, 3.8) is 0 Å². The normalized spacial score (nSPS) is 15.4. The van der Waals surface area contributed by atoms with Crippen LogP contribution in [0.1, 0.15) is 49.9 Å². The second kappa shape index (κ2) is 11.3. The molecule has 2 aliphatic heterocycles. The van der Waals surface area contributed by atoms with Crippen LogP contribution in [-0.4, -0.2) is 0 Å². The number of fused-ring (bicyclic) bond motifs is 15. The molecule has 12 rings (SSSR count). The molecule has 0 radical (unpaired) electrons. The van der Waals surface area contributed by atoms with Gasteiger partial charge in [-0.2, -0.15) is 0 Å². The van der Waals surface area contributed by atoms with Crippen molar-refractivity contribution < 1.29 is 0 Å². The number of thiophene rings is 2. The van der Waals surface area contributed by atoms with Crippen LogP contribution in [0.5, 0.6) is 0 Å². The first-order chi connectivity index (χ1) is 27.3. The number of para-hydroxylation sites is 4. The van der Waals surface area contributed by atoms with E-state index in [0.717, 1.165) is 0 Å². The Hall–Kier alpha value is -5.94. The quantitative estimate of drug-likeness (QED) is 0.173. The zero-order valence-corrected chi connectivity index (χ0v) is 33.4. The van der Waals surface area contributed by atoms with E-state index >= 15 is 0 Å². The third-order valence-corrected chi connectivity index (χ3v) is 15.3. The van der Waals surface area contributed by atoms with Gasteiger partial charge in [0, 0.05) is 84.4 Å². The van der Waals surface area contributed by atoms with E-state index in [1.54, 1.807) is 0 Å². The Labute approximate surface area is 334 Å². The van der Waals surface area contributed by atoms with Gasteiger partial charge >= 0.3 is 0 Å². The fourth-order valence-electron chi connectivity index (χ4n) is 10.2. The van der Waals surface area contributed by atoms with Crippen LogP contribution in [0.15, 0.2) is 158 Å². The first-order valence-electron chi connectivity index (χ1n) is 19.5. The van der Waals surface area contributed by atoms with Crippen molar-refractivity contribution >= 4 is 108 Å². The van der Waals surface area contributed by atoms with E-state index in [1.807, 2.05) is 22.7 Å². The standard InChI is InChI=1S/C52H38N2S2/c1-51(2)39-19-11-13-21-41(39)53(31-15-7-5-8-16-31)43-29-27-37-35-25-23-34-33(47(35)55-49(37)45(43)51)24-26-36-38-28-30-44-46(50(38)56-48(34)36)52(3,4)40-20-12-14-22-42(40)54(44)32-17-9-6-10-18-32/h5-30H,1-4H3. The van der Waals surface area contributed by atoms with Crippen LogP contribution in [0.4, 0.5) is 34.1 Å². The van der Waals surface area contributed by atoms with Crippen molar-refractivity contribution in [2.45, 2.75) is 38.5 Å². The molecule has 0 unspecified atom stereocenters. The predicted molar refractivity (Wildman–Crippen MR) is 243 cm³/mol. The lowest BCUT2D eigenvalue weighted by molar-refractivity contribution is 0.639. The molecule has 0 saturated carbocycles. The Morgan fingerprint density at radius 2 is 0.643 bits per heavy atom. The number of benzene rings is 8. The highest BCUT2D eigenvalue weighted by Gasteiger charge is 2.40. The molecule has 0 fully saturated rings. The van der Waals surface area contributed by atoms with E-state index in [0.29, 0.717) is 0 Å². The second-order valence-electron chi connectivity index (χ2n) is 16.5. The Bertz CT molecular complexity index is 3040. The summed E-state index contributed by atoms with van der Waals surface area (Å²) < 4.78 is 5.52. The van der Waals surface area contributed by atoms with Crippen LogP contribution in [0.3, 0.4) is 0 Å². The predicted octanol–water partition coefficient (Wildman–Crippen LogP) is 15.8.